The molecule has 0 aromatic heterocycles. The van der Waals surface area contributed by atoms with Gasteiger partial charge in [0.1, 0.15) is 0 Å². The lowest BCUT2D eigenvalue weighted by Gasteiger charge is -2.09. The van der Waals surface area contributed by atoms with Gasteiger partial charge < -0.3 is 20.1 Å². The number of benzene rings is 2. The summed E-state index contributed by atoms with van der Waals surface area (Å²) in [6.07, 6.45) is 0. The van der Waals surface area contributed by atoms with Gasteiger partial charge in [0.2, 0.25) is 0 Å². The molecule has 0 unspecified atom stereocenters. The van der Waals surface area contributed by atoms with Crippen molar-refractivity contribution in [1.82, 2.24) is 5.32 Å². The molecule has 0 atom stereocenters. The van der Waals surface area contributed by atoms with E-state index in [0.717, 1.165) is 11.1 Å². The van der Waals surface area contributed by atoms with Gasteiger partial charge in [0, 0.05) is 19.3 Å². The highest BCUT2D eigenvalue weighted by atomic mass is 16.5. The second kappa shape index (κ2) is 8.69. The quantitative estimate of drug-likeness (QED) is 0.799. The Morgan fingerprint density at radius 1 is 0.917 bits per heavy atom. The summed E-state index contributed by atoms with van der Waals surface area (Å²) in [7, 11) is 2.97. The summed E-state index contributed by atoms with van der Waals surface area (Å²) in [4.78, 5) is 23.2. The van der Waals surface area contributed by atoms with Crippen LogP contribution < -0.4 is 10.6 Å². The highest BCUT2D eigenvalue weighted by molar-refractivity contribution is 5.92. The molecule has 2 rings (SSSR count). The summed E-state index contributed by atoms with van der Waals surface area (Å²) >= 11 is 0. The topological polar surface area (TPSA) is 76.7 Å². The number of methoxy groups -OCH3 is 2. The van der Waals surface area contributed by atoms with E-state index in [4.69, 9.17) is 4.74 Å². The summed E-state index contributed by atoms with van der Waals surface area (Å²) in [6.45, 7) is 0.981. The van der Waals surface area contributed by atoms with Crippen molar-refractivity contribution in [1.29, 1.82) is 0 Å². The Morgan fingerprint density at radius 3 is 2.12 bits per heavy atom. The molecule has 0 bridgehead atoms. The Labute approximate surface area is 140 Å². The van der Waals surface area contributed by atoms with Gasteiger partial charge in [0.05, 0.1) is 19.3 Å². The van der Waals surface area contributed by atoms with Gasteiger partial charge in [-0.15, -0.1) is 0 Å². The second-order valence-corrected chi connectivity index (χ2v) is 5.13. The molecule has 0 saturated carbocycles. The third kappa shape index (κ3) is 5.10. The van der Waals surface area contributed by atoms with E-state index in [0.29, 0.717) is 24.4 Å². The number of hydrogen-bond donors (Lipinski definition) is 2. The molecule has 0 aliphatic carbocycles. The van der Waals surface area contributed by atoms with Crippen molar-refractivity contribution < 1.29 is 19.1 Å². The highest BCUT2D eigenvalue weighted by Gasteiger charge is 2.06. The van der Waals surface area contributed by atoms with E-state index in [1.165, 1.54) is 7.11 Å². The largest absolute Gasteiger partial charge is 0.465 e. The van der Waals surface area contributed by atoms with E-state index in [-0.39, 0.29) is 6.03 Å². The van der Waals surface area contributed by atoms with Crippen LogP contribution in [0.5, 0.6) is 0 Å². The molecular formula is C18H20N2O4. The Hall–Kier alpha value is -2.86. The van der Waals surface area contributed by atoms with Gasteiger partial charge in [0.15, 0.2) is 0 Å². The minimum Gasteiger partial charge on any atom is -0.465 e. The Bertz CT molecular complexity index is 681. The smallest absolute Gasteiger partial charge is 0.337 e. The lowest BCUT2D eigenvalue weighted by molar-refractivity contribution is 0.0601. The maximum atomic E-state index is 11.9. The normalized spacial score (nSPS) is 10.1. The number of anilines is 1. The van der Waals surface area contributed by atoms with Gasteiger partial charge in [0.25, 0.3) is 0 Å². The molecule has 0 spiro atoms. The van der Waals surface area contributed by atoms with Crippen molar-refractivity contribution in [3.63, 3.8) is 0 Å². The number of carbonyl (C=O) groups excluding carboxylic acids is 2. The van der Waals surface area contributed by atoms with Gasteiger partial charge in [-0.2, -0.15) is 0 Å². The Balaban J connectivity index is 1.83. The standard InChI is InChI=1S/C18H20N2O4/c1-23-12-14-5-3-13(4-6-14)11-19-18(22)20-16-9-7-15(8-10-16)17(21)24-2/h3-10H,11-12H2,1-2H3,(H2,19,20,22). The van der Waals surface area contributed by atoms with Crippen molar-refractivity contribution in [3.05, 3.63) is 65.2 Å². The fourth-order valence-electron chi connectivity index (χ4n) is 2.09. The first-order valence-corrected chi connectivity index (χ1v) is 7.42. The van der Waals surface area contributed by atoms with Crippen LogP contribution in [0.15, 0.2) is 48.5 Å². The molecule has 2 aromatic rings. The van der Waals surface area contributed by atoms with Crippen molar-refractivity contribution in [3.8, 4) is 0 Å². The van der Waals surface area contributed by atoms with E-state index in [9.17, 15) is 9.59 Å². The monoisotopic (exact) mass is 328 g/mol. The van der Waals surface area contributed by atoms with E-state index in [1.807, 2.05) is 24.3 Å². The van der Waals surface area contributed by atoms with Crippen LogP contribution in [0.3, 0.4) is 0 Å². The zero-order chi connectivity index (χ0) is 17.4. The molecule has 0 aliphatic heterocycles. The summed E-state index contributed by atoms with van der Waals surface area (Å²) in [5.41, 5.74) is 3.10. The van der Waals surface area contributed by atoms with E-state index in [2.05, 4.69) is 15.4 Å². The molecule has 126 valence electrons. The number of rotatable bonds is 6. The zero-order valence-electron chi connectivity index (χ0n) is 13.7. The van der Waals surface area contributed by atoms with Crippen molar-refractivity contribution in [2.24, 2.45) is 0 Å². The summed E-state index contributed by atoms with van der Waals surface area (Å²) in [6, 6.07) is 14.0. The first-order valence-electron chi connectivity index (χ1n) is 7.42. The minimum absolute atomic E-state index is 0.318. The van der Waals surface area contributed by atoms with Crippen LogP contribution in [0.2, 0.25) is 0 Å². The SMILES string of the molecule is COCc1ccc(CNC(=O)Nc2ccc(C(=O)OC)cc2)cc1. The minimum atomic E-state index is -0.414. The molecule has 24 heavy (non-hydrogen) atoms. The number of carbonyl (C=O) groups is 2. The predicted octanol–water partition coefficient (Wildman–Crippen LogP) is 2.94. The van der Waals surface area contributed by atoms with Crippen LogP contribution in [0, 0.1) is 0 Å². The van der Waals surface area contributed by atoms with Crippen molar-refractivity contribution >= 4 is 17.7 Å². The molecule has 0 heterocycles. The van der Waals surface area contributed by atoms with Crippen LogP contribution in [-0.2, 0) is 22.6 Å². The molecule has 2 N–H and O–H groups in total. The van der Waals surface area contributed by atoms with Crippen LogP contribution >= 0.6 is 0 Å². The molecule has 2 amide bonds. The predicted molar refractivity (Wildman–Crippen MR) is 90.8 cm³/mol. The summed E-state index contributed by atoms with van der Waals surface area (Å²) in [5.74, 6) is -0.414. The Kier molecular flexibility index (Phi) is 6.33. The lowest BCUT2D eigenvalue weighted by Crippen LogP contribution is -2.28. The summed E-state index contributed by atoms with van der Waals surface area (Å²) < 4.78 is 9.68. The number of nitrogens with one attached hydrogen (secondary N) is 2. The van der Waals surface area contributed by atoms with Crippen molar-refractivity contribution in [2.45, 2.75) is 13.2 Å². The molecule has 0 aliphatic rings. The third-order valence-corrected chi connectivity index (χ3v) is 3.35. The average Bonchev–Trinajstić information content (AvgIpc) is 2.61. The van der Waals surface area contributed by atoms with Crippen LogP contribution in [0.4, 0.5) is 10.5 Å². The first-order chi connectivity index (χ1) is 11.6. The third-order valence-electron chi connectivity index (χ3n) is 3.35. The number of amides is 2. The molecule has 0 saturated heterocycles. The van der Waals surface area contributed by atoms with Crippen molar-refractivity contribution in [2.75, 3.05) is 19.5 Å². The van der Waals surface area contributed by atoms with Gasteiger partial charge in [-0.1, -0.05) is 24.3 Å². The molecule has 2 aromatic carbocycles. The zero-order valence-corrected chi connectivity index (χ0v) is 13.7. The number of esters is 1. The van der Waals surface area contributed by atoms with Crippen LogP contribution in [0.1, 0.15) is 21.5 Å². The second-order valence-electron chi connectivity index (χ2n) is 5.13. The lowest BCUT2D eigenvalue weighted by atomic mass is 10.1. The number of ether oxygens (including phenoxy) is 2. The van der Waals surface area contributed by atoms with E-state index < -0.39 is 5.97 Å². The molecular weight excluding hydrogens is 308 g/mol. The number of urea groups is 1. The molecule has 0 fully saturated rings. The molecule has 0 radical (unpaired) electrons. The molecule has 6 heteroatoms. The van der Waals surface area contributed by atoms with E-state index >= 15 is 0 Å². The fourth-order valence-corrected chi connectivity index (χ4v) is 2.09. The Morgan fingerprint density at radius 2 is 1.54 bits per heavy atom. The average molecular weight is 328 g/mol. The van der Waals surface area contributed by atoms with Crippen LogP contribution in [-0.4, -0.2) is 26.2 Å². The van der Waals surface area contributed by atoms with Gasteiger partial charge in [-0.3, -0.25) is 0 Å². The van der Waals surface area contributed by atoms with Crippen LogP contribution in [0.25, 0.3) is 0 Å². The fraction of sp³-hybridized carbons (Fsp3) is 0.222. The molecule has 6 nitrogen and oxygen atoms in total. The maximum Gasteiger partial charge on any atom is 0.337 e. The van der Waals surface area contributed by atoms with Gasteiger partial charge in [-0.05, 0) is 35.4 Å². The van der Waals surface area contributed by atoms with Gasteiger partial charge in [-0.25, -0.2) is 9.59 Å². The van der Waals surface area contributed by atoms with E-state index in [1.54, 1.807) is 31.4 Å². The highest BCUT2D eigenvalue weighted by Crippen LogP contribution is 2.10. The van der Waals surface area contributed by atoms with Gasteiger partial charge >= 0.3 is 12.0 Å². The first kappa shape index (κ1) is 17.5. The number of hydrogen-bond acceptors (Lipinski definition) is 4. The maximum absolute atomic E-state index is 11.9. The summed E-state index contributed by atoms with van der Waals surface area (Å²) in [5, 5.41) is 5.48.